The van der Waals surface area contributed by atoms with Crippen LogP contribution in [0.25, 0.3) is 0 Å². The molecule has 2 rings (SSSR count). The molecule has 0 aliphatic carbocycles. The predicted octanol–water partition coefficient (Wildman–Crippen LogP) is 3.86. The summed E-state index contributed by atoms with van der Waals surface area (Å²) >= 11 is 6.13. The predicted molar refractivity (Wildman–Crippen MR) is 79.5 cm³/mol. The number of halogens is 2. The minimum atomic E-state index is -0.212. The van der Waals surface area contributed by atoms with Crippen LogP contribution in [0.2, 0.25) is 5.15 Å². The van der Waals surface area contributed by atoms with Crippen molar-refractivity contribution in [1.82, 2.24) is 9.97 Å². The Balaban J connectivity index is 2.27. The molecule has 0 aliphatic heterocycles. The van der Waals surface area contributed by atoms with Crippen LogP contribution in [0.1, 0.15) is 24.5 Å². The zero-order valence-electron chi connectivity index (χ0n) is 11.6. The second kappa shape index (κ2) is 6.66. The highest BCUT2D eigenvalue weighted by Crippen LogP contribution is 2.25. The first kappa shape index (κ1) is 14.7. The molecular formula is C15H17ClFN3. The Morgan fingerprint density at radius 1 is 1.25 bits per heavy atom. The number of benzene rings is 1. The molecule has 0 saturated heterocycles. The normalized spacial score (nSPS) is 10.6. The Labute approximate surface area is 123 Å². The van der Waals surface area contributed by atoms with E-state index < -0.39 is 0 Å². The summed E-state index contributed by atoms with van der Waals surface area (Å²) < 4.78 is 13.7. The second-order valence-corrected chi connectivity index (χ2v) is 5.02. The number of rotatable bonds is 5. The lowest BCUT2D eigenvalue weighted by atomic mass is 10.1. The van der Waals surface area contributed by atoms with Crippen LogP contribution in [-0.4, -0.2) is 17.0 Å². The SMILES string of the molecule is CCCc1c(Cl)ncnc1N(C)Cc1ccccc1F. The molecule has 106 valence electrons. The average Bonchev–Trinajstić information content (AvgIpc) is 2.43. The summed E-state index contributed by atoms with van der Waals surface area (Å²) in [6.07, 6.45) is 3.19. The number of hydrogen-bond acceptors (Lipinski definition) is 3. The van der Waals surface area contributed by atoms with E-state index in [4.69, 9.17) is 11.6 Å². The van der Waals surface area contributed by atoms with Crippen molar-refractivity contribution in [3.8, 4) is 0 Å². The largest absolute Gasteiger partial charge is 0.355 e. The van der Waals surface area contributed by atoms with E-state index in [1.165, 1.54) is 12.4 Å². The third-order valence-corrected chi connectivity index (χ3v) is 3.42. The third kappa shape index (κ3) is 3.25. The first-order chi connectivity index (χ1) is 9.63. The van der Waals surface area contributed by atoms with Crippen molar-refractivity contribution in [2.75, 3.05) is 11.9 Å². The van der Waals surface area contributed by atoms with E-state index in [-0.39, 0.29) is 5.82 Å². The molecule has 1 heterocycles. The number of hydrogen-bond donors (Lipinski definition) is 0. The second-order valence-electron chi connectivity index (χ2n) is 4.66. The average molecular weight is 294 g/mol. The summed E-state index contributed by atoms with van der Waals surface area (Å²) in [5, 5.41) is 0.470. The van der Waals surface area contributed by atoms with Gasteiger partial charge >= 0.3 is 0 Å². The molecule has 3 nitrogen and oxygen atoms in total. The van der Waals surface area contributed by atoms with Gasteiger partial charge in [0, 0.05) is 24.7 Å². The summed E-state index contributed by atoms with van der Waals surface area (Å²) in [5.74, 6) is 0.548. The standard InChI is InChI=1S/C15H17ClFN3/c1-3-6-12-14(16)18-10-19-15(12)20(2)9-11-7-4-5-8-13(11)17/h4-5,7-8,10H,3,6,9H2,1-2H3. The molecule has 0 radical (unpaired) electrons. The quantitative estimate of drug-likeness (QED) is 0.784. The van der Waals surface area contributed by atoms with Crippen LogP contribution in [0, 0.1) is 5.82 Å². The number of aromatic nitrogens is 2. The topological polar surface area (TPSA) is 29.0 Å². The molecule has 0 aliphatic rings. The first-order valence-electron chi connectivity index (χ1n) is 6.57. The third-order valence-electron chi connectivity index (χ3n) is 3.10. The highest BCUT2D eigenvalue weighted by atomic mass is 35.5. The van der Waals surface area contributed by atoms with Gasteiger partial charge in [-0.15, -0.1) is 0 Å². The summed E-state index contributed by atoms with van der Waals surface area (Å²) in [6, 6.07) is 6.74. The Bertz CT molecular complexity index is 589. The van der Waals surface area contributed by atoms with Crippen molar-refractivity contribution in [3.05, 3.63) is 52.7 Å². The van der Waals surface area contributed by atoms with E-state index in [0.717, 1.165) is 24.2 Å². The molecule has 5 heteroatoms. The maximum atomic E-state index is 13.7. The van der Waals surface area contributed by atoms with Crippen LogP contribution in [0.15, 0.2) is 30.6 Å². The van der Waals surface area contributed by atoms with Crippen LogP contribution in [0.5, 0.6) is 0 Å². The Morgan fingerprint density at radius 2 is 2.00 bits per heavy atom. The molecule has 0 N–H and O–H groups in total. The fourth-order valence-corrected chi connectivity index (χ4v) is 2.36. The molecule has 0 amide bonds. The Kier molecular flexibility index (Phi) is 4.90. The van der Waals surface area contributed by atoms with Gasteiger partial charge in [0.1, 0.15) is 23.1 Å². The fraction of sp³-hybridized carbons (Fsp3) is 0.333. The van der Waals surface area contributed by atoms with Gasteiger partial charge in [0.15, 0.2) is 0 Å². The molecule has 1 aromatic carbocycles. The number of anilines is 1. The summed E-state index contributed by atoms with van der Waals surface area (Å²) in [5.41, 5.74) is 1.54. The van der Waals surface area contributed by atoms with Crippen molar-refractivity contribution < 1.29 is 4.39 Å². The van der Waals surface area contributed by atoms with E-state index in [1.807, 2.05) is 18.0 Å². The summed E-state index contributed by atoms with van der Waals surface area (Å²) in [6.45, 7) is 2.51. The summed E-state index contributed by atoms with van der Waals surface area (Å²) in [4.78, 5) is 10.2. The van der Waals surface area contributed by atoms with Gasteiger partial charge in [0.25, 0.3) is 0 Å². The maximum absolute atomic E-state index is 13.7. The van der Waals surface area contributed by atoms with Crippen molar-refractivity contribution in [1.29, 1.82) is 0 Å². The highest BCUT2D eigenvalue weighted by Gasteiger charge is 2.14. The Morgan fingerprint density at radius 3 is 2.70 bits per heavy atom. The van der Waals surface area contributed by atoms with Gasteiger partial charge < -0.3 is 4.90 Å². The van der Waals surface area contributed by atoms with E-state index in [9.17, 15) is 4.39 Å². The van der Waals surface area contributed by atoms with Gasteiger partial charge in [-0.2, -0.15) is 0 Å². The van der Waals surface area contributed by atoms with Gasteiger partial charge in [-0.25, -0.2) is 14.4 Å². The Hall–Kier alpha value is -1.68. The van der Waals surface area contributed by atoms with Crippen LogP contribution in [0.3, 0.4) is 0 Å². The van der Waals surface area contributed by atoms with Crippen molar-refractivity contribution in [3.63, 3.8) is 0 Å². The molecule has 0 spiro atoms. The lowest BCUT2D eigenvalue weighted by molar-refractivity contribution is 0.607. The van der Waals surface area contributed by atoms with E-state index >= 15 is 0 Å². The molecule has 0 saturated carbocycles. The molecule has 0 unspecified atom stereocenters. The zero-order valence-corrected chi connectivity index (χ0v) is 12.4. The summed E-state index contributed by atoms with van der Waals surface area (Å²) in [7, 11) is 1.88. The molecule has 2 aromatic rings. The molecular weight excluding hydrogens is 277 g/mol. The van der Waals surface area contributed by atoms with Gasteiger partial charge in [-0.1, -0.05) is 43.1 Å². The first-order valence-corrected chi connectivity index (χ1v) is 6.95. The van der Waals surface area contributed by atoms with Crippen LogP contribution in [-0.2, 0) is 13.0 Å². The molecule has 0 atom stereocenters. The lowest BCUT2D eigenvalue weighted by Crippen LogP contribution is -2.20. The van der Waals surface area contributed by atoms with Crippen LogP contribution >= 0.6 is 11.6 Å². The van der Waals surface area contributed by atoms with Crippen molar-refractivity contribution >= 4 is 17.4 Å². The fourth-order valence-electron chi connectivity index (χ4n) is 2.13. The molecule has 0 bridgehead atoms. The zero-order chi connectivity index (χ0) is 14.5. The van der Waals surface area contributed by atoms with Crippen LogP contribution < -0.4 is 4.90 Å². The molecule has 0 fully saturated rings. The molecule has 20 heavy (non-hydrogen) atoms. The minimum absolute atomic E-state index is 0.212. The van der Waals surface area contributed by atoms with Gasteiger partial charge in [0.05, 0.1) is 0 Å². The maximum Gasteiger partial charge on any atom is 0.137 e. The van der Waals surface area contributed by atoms with Gasteiger partial charge in [-0.05, 0) is 12.5 Å². The minimum Gasteiger partial charge on any atom is -0.355 e. The monoisotopic (exact) mass is 293 g/mol. The lowest BCUT2D eigenvalue weighted by Gasteiger charge is -2.21. The molecule has 1 aromatic heterocycles. The number of nitrogens with zero attached hydrogens (tertiary/aromatic N) is 3. The van der Waals surface area contributed by atoms with Crippen molar-refractivity contribution in [2.45, 2.75) is 26.3 Å². The smallest absolute Gasteiger partial charge is 0.137 e. The van der Waals surface area contributed by atoms with Gasteiger partial charge in [-0.3, -0.25) is 0 Å². The van der Waals surface area contributed by atoms with E-state index in [0.29, 0.717) is 17.3 Å². The van der Waals surface area contributed by atoms with Crippen molar-refractivity contribution in [2.24, 2.45) is 0 Å². The van der Waals surface area contributed by atoms with E-state index in [2.05, 4.69) is 16.9 Å². The van der Waals surface area contributed by atoms with Gasteiger partial charge in [0.2, 0.25) is 0 Å². The van der Waals surface area contributed by atoms with E-state index in [1.54, 1.807) is 12.1 Å². The van der Waals surface area contributed by atoms with Crippen LogP contribution in [0.4, 0.5) is 10.2 Å². The highest BCUT2D eigenvalue weighted by molar-refractivity contribution is 6.30.